The normalized spacial score (nSPS) is 10.2. The van der Waals surface area contributed by atoms with E-state index in [-0.39, 0.29) is 11.5 Å². The van der Waals surface area contributed by atoms with Crippen LogP contribution in [-0.2, 0) is 0 Å². The zero-order valence-corrected chi connectivity index (χ0v) is 7.83. The first kappa shape index (κ1) is 9.39. The molecular formula is C9H12FNS. The fraction of sp³-hybridized carbons (Fsp3) is 0.333. The molecule has 12 heavy (non-hydrogen) atoms. The molecule has 0 atom stereocenters. The molecule has 2 N–H and O–H groups in total. The lowest BCUT2D eigenvalue weighted by Gasteiger charge is -2.03. The maximum absolute atomic E-state index is 12.9. The Balaban J connectivity index is 2.78. The summed E-state index contributed by atoms with van der Waals surface area (Å²) < 4.78 is 12.9. The number of halogens is 1. The van der Waals surface area contributed by atoms with Gasteiger partial charge in [-0.25, -0.2) is 4.39 Å². The van der Waals surface area contributed by atoms with Crippen molar-refractivity contribution in [2.45, 2.75) is 18.2 Å². The Labute approximate surface area is 76.2 Å². The minimum Gasteiger partial charge on any atom is -0.395 e. The van der Waals surface area contributed by atoms with E-state index in [9.17, 15) is 4.39 Å². The van der Waals surface area contributed by atoms with Gasteiger partial charge in [-0.3, -0.25) is 0 Å². The predicted molar refractivity (Wildman–Crippen MR) is 51.8 cm³/mol. The zero-order chi connectivity index (χ0) is 8.97. The molecule has 1 aromatic carbocycles. The van der Waals surface area contributed by atoms with Gasteiger partial charge in [-0.05, 0) is 24.3 Å². The average Bonchev–Trinajstić information content (AvgIpc) is 2.08. The van der Waals surface area contributed by atoms with Crippen molar-refractivity contribution in [1.82, 2.24) is 0 Å². The Morgan fingerprint density at radius 3 is 2.92 bits per heavy atom. The second-order valence-corrected chi connectivity index (χ2v) is 3.64. The van der Waals surface area contributed by atoms with Gasteiger partial charge in [0.05, 0.1) is 5.69 Å². The number of hydrogen-bond acceptors (Lipinski definition) is 2. The summed E-state index contributed by atoms with van der Waals surface area (Å²) in [5.74, 6) is 0.657. The number of benzene rings is 1. The van der Waals surface area contributed by atoms with Gasteiger partial charge in [-0.1, -0.05) is 13.0 Å². The maximum Gasteiger partial charge on any atom is 0.147 e. The van der Waals surface area contributed by atoms with Crippen LogP contribution in [0.4, 0.5) is 10.1 Å². The molecule has 0 heterocycles. The Morgan fingerprint density at radius 1 is 1.50 bits per heavy atom. The molecule has 0 saturated heterocycles. The van der Waals surface area contributed by atoms with Crippen LogP contribution in [0.3, 0.4) is 0 Å². The first-order valence-electron chi connectivity index (χ1n) is 3.92. The van der Waals surface area contributed by atoms with E-state index in [1.165, 1.54) is 6.07 Å². The summed E-state index contributed by atoms with van der Waals surface area (Å²) in [4.78, 5) is 0.844. The Kier molecular flexibility index (Phi) is 3.41. The number of rotatable bonds is 3. The molecule has 0 aliphatic rings. The number of nitrogens with two attached hydrogens (primary N) is 1. The van der Waals surface area contributed by atoms with Gasteiger partial charge in [0.1, 0.15) is 5.82 Å². The van der Waals surface area contributed by atoms with Crippen molar-refractivity contribution in [3.8, 4) is 0 Å². The second kappa shape index (κ2) is 4.36. The van der Waals surface area contributed by atoms with Crippen LogP contribution >= 0.6 is 11.8 Å². The molecule has 0 unspecified atom stereocenters. The van der Waals surface area contributed by atoms with Crippen molar-refractivity contribution in [3.05, 3.63) is 24.0 Å². The molecule has 0 radical (unpaired) electrons. The van der Waals surface area contributed by atoms with Crippen LogP contribution < -0.4 is 5.73 Å². The molecule has 0 bridgehead atoms. The number of anilines is 1. The third-order valence-electron chi connectivity index (χ3n) is 1.47. The highest BCUT2D eigenvalue weighted by atomic mass is 32.2. The van der Waals surface area contributed by atoms with Crippen molar-refractivity contribution < 1.29 is 4.39 Å². The third-order valence-corrected chi connectivity index (χ3v) is 2.75. The smallest absolute Gasteiger partial charge is 0.147 e. The zero-order valence-electron chi connectivity index (χ0n) is 7.01. The summed E-state index contributed by atoms with van der Waals surface area (Å²) in [5, 5.41) is 0. The molecule has 1 aromatic rings. The number of thioether (sulfide) groups is 1. The summed E-state index contributed by atoms with van der Waals surface area (Å²) in [5.41, 5.74) is 5.80. The van der Waals surface area contributed by atoms with Crippen molar-refractivity contribution in [2.24, 2.45) is 0 Å². The van der Waals surface area contributed by atoms with Gasteiger partial charge in [0.25, 0.3) is 0 Å². The molecule has 66 valence electrons. The molecule has 1 rings (SSSR count). The van der Waals surface area contributed by atoms with Crippen LogP contribution in [0.1, 0.15) is 13.3 Å². The van der Waals surface area contributed by atoms with Gasteiger partial charge in [0.2, 0.25) is 0 Å². The van der Waals surface area contributed by atoms with Crippen LogP contribution in [0.5, 0.6) is 0 Å². The van der Waals surface area contributed by atoms with E-state index in [4.69, 9.17) is 5.73 Å². The van der Waals surface area contributed by atoms with Crippen LogP contribution in [-0.4, -0.2) is 5.75 Å². The highest BCUT2D eigenvalue weighted by Gasteiger charge is 2.03. The summed E-state index contributed by atoms with van der Waals surface area (Å²) in [6.45, 7) is 2.09. The number of para-hydroxylation sites is 1. The number of nitrogen functional groups attached to an aromatic ring is 1. The van der Waals surface area contributed by atoms with Crippen LogP contribution in [0.25, 0.3) is 0 Å². The van der Waals surface area contributed by atoms with Crippen molar-refractivity contribution in [1.29, 1.82) is 0 Å². The van der Waals surface area contributed by atoms with E-state index < -0.39 is 0 Å². The van der Waals surface area contributed by atoms with Crippen LogP contribution in [0.2, 0.25) is 0 Å². The van der Waals surface area contributed by atoms with E-state index in [0.29, 0.717) is 0 Å². The summed E-state index contributed by atoms with van der Waals surface area (Å²) in [7, 11) is 0. The number of hydrogen-bond donors (Lipinski definition) is 1. The van der Waals surface area contributed by atoms with Crippen molar-refractivity contribution in [3.63, 3.8) is 0 Å². The van der Waals surface area contributed by atoms with Gasteiger partial charge < -0.3 is 5.73 Å². The predicted octanol–water partition coefficient (Wildman–Crippen LogP) is 2.91. The molecule has 3 heteroatoms. The molecular weight excluding hydrogens is 173 g/mol. The fourth-order valence-electron chi connectivity index (χ4n) is 0.855. The van der Waals surface area contributed by atoms with Gasteiger partial charge in [0, 0.05) is 4.90 Å². The molecule has 0 saturated carbocycles. The SMILES string of the molecule is CCCSc1cccc(F)c1N. The molecule has 0 fully saturated rings. The second-order valence-electron chi connectivity index (χ2n) is 2.50. The standard InChI is InChI=1S/C9H12FNS/c1-2-6-12-8-5-3-4-7(10)9(8)11/h3-5H,2,6,11H2,1H3. The lowest BCUT2D eigenvalue weighted by molar-refractivity contribution is 0.629. The van der Waals surface area contributed by atoms with Crippen LogP contribution in [0.15, 0.2) is 23.1 Å². The van der Waals surface area contributed by atoms with Crippen molar-refractivity contribution >= 4 is 17.4 Å². The molecule has 0 spiro atoms. The minimum absolute atomic E-state index is 0.274. The van der Waals surface area contributed by atoms with E-state index in [0.717, 1.165) is 17.1 Å². The first-order chi connectivity index (χ1) is 5.75. The van der Waals surface area contributed by atoms with Gasteiger partial charge in [0.15, 0.2) is 0 Å². The van der Waals surface area contributed by atoms with Crippen LogP contribution in [0, 0.1) is 5.82 Å². The topological polar surface area (TPSA) is 26.0 Å². The van der Waals surface area contributed by atoms with Gasteiger partial charge >= 0.3 is 0 Å². The Morgan fingerprint density at radius 2 is 2.25 bits per heavy atom. The highest BCUT2D eigenvalue weighted by Crippen LogP contribution is 2.26. The highest BCUT2D eigenvalue weighted by molar-refractivity contribution is 7.99. The fourth-order valence-corrected chi connectivity index (χ4v) is 1.71. The Hall–Kier alpha value is -0.700. The van der Waals surface area contributed by atoms with E-state index in [1.807, 2.05) is 6.07 Å². The molecule has 1 nitrogen and oxygen atoms in total. The third kappa shape index (κ3) is 2.14. The average molecular weight is 185 g/mol. The lowest BCUT2D eigenvalue weighted by Crippen LogP contribution is -1.93. The maximum atomic E-state index is 12.9. The van der Waals surface area contributed by atoms with E-state index in [2.05, 4.69) is 6.92 Å². The summed E-state index contributed by atoms with van der Waals surface area (Å²) >= 11 is 1.60. The molecule has 0 aliphatic carbocycles. The molecule has 0 aromatic heterocycles. The quantitative estimate of drug-likeness (QED) is 0.578. The van der Waals surface area contributed by atoms with E-state index >= 15 is 0 Å². The Bertz CT molecular complexity index is 263. The summed E-state index contributed by atoms with van der Waals surface area (Å²) in [6.07, 6.45) is 1.07. The van der Waals surface area contributed by atoms with Gasteiger partial charge in [-0.2, -0.15) is 0 Å². The van der Waals surface area contributed by atoms with Gasteiger partial charge in [-0.15, -0.1) is 11.8 Å². The first-order valence-corrected chi connectivity index (χ1v) is 4.91. The van der Waals surface area contributed by atoms with Crippen molar-refractivity contribution in [2.75, 3.05) is 11.5 Å². The molecule has 0 aliphatic heterocycles. The van der Waals surface area contributed by atoms with E-state index in [1.54, 1.807) is 17.8 Å². The summed E-state index contributed by atoms with van der Waals surface area (Å²) in [6, 6.07) is 4.91. The largest absolute Gasteiger partial charge is 0.395 e. The minimum atomic E-state index is -0.323. The molecule has 0 amide bonds. The monoisotopic (exact) mass is 185 g/mol. The lowest BCUT2D eigenvalue weighted by atomic mass is 10.3.